The topological polar surface area (TPSA) is 114 Å². The van der Waals surface area contributed by atoms with E-state index in [-0.39, 0.29) is 19.5 Å². The van der Waals surface area contributed by atoms with Crippen LogP contribution in [0.1, 0.15) is 6.42 Å². The van der Waals surface area contributed by atoms with Crippen molar-refractivity contribution in [2.75, 3.05) is 47.5 Å². The number of nitrogens with one attached hydrogen (secondary N) is 2. The number of carbonyl (C=O) groups is 2. The summed E-state index contributed by atoms with van der Waals surface area (Å²) in [5, 5.41) is 2.47. The van der Waals surface area contributed by atoms with Crippen LogP contribution in [0.5, 0.6) is 0 Å². The van der Waals surface area contributed by atoms with Crippen molar-refractivity contribution in [2.24, 2.45) is 0 Å². The Labute approximate surface area is 118 Å². The number of hydrogen-bond donors (Lipinski definition) is 2. The second-order valence-corrected chi connectivity index (χ2v) is 5.68. The smallest absolute Gasteiger partial charge is 0.306 e. The summed E-state index contributed by atoms with van der Waals surface area (Å²) >= 11 is 0. The van der Waals surface area contributed by atoms with Gasteiger partial charge in [0.1, 0.15) is 0 Å². The van der Waals surface area contributed by atoms with Gasteiger partial charge in [-0.15, -0.1) is 0 Å². The molecule has 0 spiro atoms. The first-order valence-corrected chi connectivity index (χ1v) is 7.31. The number of rotatable bonds is 10. The minimum atomic E-state index is -3.81. The van der Waals surface area contributed by atoms with Crippen LogP contribution in [0.4, 0.5) is 0 Å². The van der Waals surface area contributed by atoms with Crippen molar-refractivity contribution in [3.05, 3.63) is 0 Å². The van der Waals surface area contributed by atoms with Gasteiger partial charge in [0, 0.05) is 27.2 Å². The Morgan fingerprint density at radius 1 is 1.25 bits per heavy atom. The van der Waals surface area contributed by atoms with Crippen molar-refractivity contribution in [3.8, 4) is 0 Å². The first-order valence-electron chi connectivity index (χ1n) is 5.87. The van der Waals surface area contributed by atoms with Crippen molar-refractivity contribution in [1.82, 2.24) is 14.3 Å². The van der Waals surface area contributed by atoms with Gasteiger partial charge in [0.05, 0.1) is 26.7 Å². The number of methoxy groups -OCH3 is 2. The molecular weight excluding hydrogens is 290 g/mol. The Balaban J connectivity index is 4.10. The van der Waals surface area contributed by atoms with Crippen LogP contribution in [0.2, 0.25) is 0 Å². The molecule has 0 aliphatic rings. The Morgan fingerprint density at radius 2 is 1.90 bits per heavy atom. The van der Waals surface area contributed by atoms with Gasteiger partial charge in [-0.25, -0.2) is 0 Å². The van der Waals surface area contributed by atoms with Gasteiger partial charge in [-0.3, -0.25) is 9.59 Å². The van der Waals surface area contributed by atoms with Crippen LogP contribution in [0, 0.1) is 0 Å². The van der Waals surface area contributed by atoms with Crippen molar-refractivity contribution in [1.29, 1.82) is 0 Å². The zero-order valence-electron chi connectivity index (χ0n) is 11.8. The standard InChI is InChI=1S/C10H21N3O6S/c1-13(6-4-10(15)19-3)20(16,17)12-8-9(14)11-5-7-18-2/h12H,4-8H2,1-3H3,(H,11,14). The summed E-state index contributed by atoms with van der Waals surface area (Å²) in [6, 6.07) is 0. The minimum Gasteiger partial charge on any atom is -0.469 e. The first kappa shape index (κ1) is 18.8. The molecule has 0 aliphatic carbocycles. The van der Waals surface area contributed by atoms with Crippen LogP contribution in [-0.4, -0.2) is 72.1 Å². The quantitative estimate of drug-likeness (QED) is 0.359. The number of hydrogen-bond acceptors (Lipinski definition) is 6. The Morgan fingerprint density at radius 3 is 2.45 bits per heavy atom. The highest BCUT2D eigenvalue weighted by Crippen LogP contribution is 1.96. The fourth-order valence-electron chi connectivity index (χ4n) is 1.09. The minimum absolute atomic E-state index is 0.0344. The predicted molar refractivity (Wildman–Crippen MR) is 71.1 cm³/mol. The van der Waals surface area contributed by atoms with Crippen LogP contribution in [0.15, 0.2) is 0 Å². The molecule has 10 heteroatoms. The van der Waals surface area contributed by atoms with Crippen LogP contribution in [0.3, 0.4) is 0 Å². The van der Waals surface area contributed by atoms with Gasteiger partial charge in [0.2, 0.25) is 5.91 Å². The van der Waals surface area contributed by atoms with Gasteiger partial charge >= 0.3 is 5.97 Å². The molecular formula is C10H21N3O6S. The average Bonchev–Trinajstić information content (AvgIpc) is 2.42. The van der Waals surface area contributed by atoms with Crippen LogP contribution in [0.25, 0.3) is 0 Å². The molecule has 0 saturated carbocycles. The molecule has 1 amide bonds. The lowest BCUT2D eigenvalue weighted by atomic mass is 10.4. The van der Waals surface area contributed by atoms with E-state index in [1.165, 1.54) is 21.3 Å². The molecule has 0 unspecified atom stereocenters. The summed E-state index contributed by atoms with van der Waals surface area (Å²) in [6.07, 6.45) is -0.0616. The highest BCUT2D eigenvalue weighted by Gasteiger charge is 2.19. The molecule has 0 atom stereocenters. The van der Waals surface area contributed by atoms with E-state index in [1.807, 2.05) is 0 Å². The summed E-state index contributed by atoms with van der Waals surface area (Å²) in [5.74, 6) is -0.976. The normalized spacial score (nSPS) is 11.4. The molecule has 0 aromatic carbocycles. The second kappa shape index (κ2) is 9.64. The fraction of sp³-hybridized carbons (Fsp3) is 0.800. The van der Waals surface area contributed by atoms with E-state index in [9.17, 15) is 18.0 Å². The van der Waals surface area contributed by atoms with Gasteiger partial charge in [-0.1, -0.05) is 0 Å². The van der Waals surface area contributed by atoms with Crippen molar-refractivity contribution in [2.45, 2.75) is 6.42 Å². The summed E-state index contributed by atoms with van der Waals surface area (Å²) in [4.78, 5) is 22.2. The SMILES string of the molecule is COCCNC(=O)CNS(=O)(=O)N(C)CCC(=O)OC. The maximum atomic E-state index is 11.7. The molecule has 0 rings (SSSR count). The molecule has 0 aliphatic heterocycles. The van der Waals surface area contributed by atoms with Crippen molar-refractivity contribution >= 4 is 22.1 Å². The predicted octanol–water partition coefficient (Wildman–Crippen LogP) is -1.92. The third kappa shape index (κ3) is 8.04. The first-order chi connectivity index (χ1) is 9.33. The zero-order valence-corrected chi connectivity index (χ0v) is 12.7. The molecule has 0 heterocycles. The largest absolute Gasteiger partial charge is 0.469 e. The number of carbonyl (C=O) groups excluding carboxylic acids is 2. The van der Waals surface area contributed by atoms with Gasteiger partial charge in [-0.2, -0.15) is 17.4 Å². The van der Waals surface area contributed by atoms with Crippen LogP contribution >= 0.6 is 0 Å². The van der Waals surface area contributed by atoms with Gasteiger partial charge in [0.25, 0.3) is 10.2 Å². The second-order valence-electron chi connectivity index (χ2n) is 3.82. The van der Waals surface area contributed by atoms with Crippen molar-refractivity contribution < 1.29 is 27.5 Å². The van der Waals surface area contributed by atoms with E-state index in [0.29, 0.717) is 13.2 Å². The molecule has 0 aromatic rings. The van der Waals surface area contributed by atoms with E-state index in [0.717, 1.165) is 4.31 Å². The van der Waals surface area contributed by atoms with E-state index in [2.05, 4.69) is 14.8 Å². The summed E-state index contributed by atoms with van der Waals surface area (Å²) in [7, 11) is 0.206. The summed E-state index contributed by atoms with van der Waals surface area (Å²) in [5.41, 5.74) is 0. The fourth-order valence-corrected chi connectivity index (χ4v) is 1.96. The third-order valence-corrected chi connectivity index (χ3v) is 3.82. The maximum absolute atomic E-state index is 11.7. The molecule has 0 fully saturated rings. The van der Waals surface area contributed by atoms with Crippen LogP contribution in [-0.2, 0) is 29.3 Å². The Hall–Kier alpha value is -1.23. The van der Waals surface area contributed by atoms with Gasteiger partial charge in [-0.05, 0) is 0 Å². The monoisotopic (exact) mass is 311 g/mol. The molecule has 0 saturated heterocycles. The van der Waals surface area contributed by atoms with E-state index >= 15 is 0 Å². The summed E-state index contributed by atoms with van der Waals surface area (Å²) < 4.78 is 35.6. The van der Waals surface area contributed by atoms with Crippen molar-refractivity contribution in [3.63, 3.8) is 0 Å². The molecule has 0 radical (unpaired) electrons. The molecule has 0 aromatic heterocycles. The zero-order chi connectivity index (χ0) is 15.6. The van der Waals surface area contributed by atoms with E-state index < -0.39 is 22.1 Å². The van der Waals surface area contributed by atoms with Crippen LogP contribution < -0.4 is 10.0 Å². The highest BCUT2D eigenvalue weighted by atomic mass is 32.2. The summed E-state index contributed by atoms with van der Waals surface area (Å²) in [6.45, 7) is 0.231. The molecule has 9 nitrogen and oxygen atoms in total. The average molecular weight is 311 g/mol. The van der Waals surface area contributed by atoms with E-state index in [4.69, 9.17) is 4.74 Å². The highest BCUT2D eigenvalue weighted by molar-refractivity contribution is 7.87. The Bertz CT molecular complexity index is 411. The third-order valence-electron chi connectivity index (χ3n) is 2.31. The number of esters is 1. The molecule has 2 N–H and O–H groups in total. The van der Waals surface area contributed by atoms with E-state index in [1.54, 1.807) is 0 Å². The molecule has 0 bridgehead atoms. The maximum Gasteiger partial charge on any atom is 0.306 e. The molecule has 20 heavy (non-hydrogen) atoms. The number of nitrogens with zero attached hydrogens (tertiary/aromatic N) is 1. The van der Waals surface area contributed by atoms with Gasteiger partial charge < -0.3 is 14.8 Å². The lowest BCUT2D eigenvalue weighted by Crippen LogP contribution is -2.44. The lowest BCUT2D eigenvalue weighted by Gasteiger charge is -2.16. The molecule has 118 valence electrons. The lowest BCUT2D eigenvalue weighted by molar-refractivity contribution is -0.140. The number of ether oxygens (including phenoxy) is 2. The number of amides is 1. The van der Waals surface area contributed by atoms with Gasteiger partial charge in [0.15, 0.2) is 0 Å². The Kier molecular flexibility index (Phi) is 9.05.